The summed E-state index contributed by atoms with van der Waals surface area (Å²) in [7, 11) is 0. The van der Waals surface area contributed by atoms with E-state index in [4.69, 9.17) is 0 Å². The summed E-state index contributed by atoms with van der Waals surface area (Å²) in [4.78, 5) is 2.39. The SMILES string of the molecule is CCC(C)(O)CN1CCSC(C)(C)C1. The van der Waals surface area contributed by atoms with Gasteiger partial charge in [0, 0.05) is 30.1 Å². The minimum absolute atomic E-state index is 0.349. The van der Waals surface area contributed by atoms with Crippen molar-refractivity contribution in [3.05, 3.63) is 0 Å². The van der Waals surface area contributed by atoms with Gasteiger partial charge in [-0.15, -0.1) is 0 Å². The Morgan fingerprint density at radius 1 is 1.50 bits per heavy atom. The topological polar surface area (TPSA) is 23.5 Å². The third-order valence-corrected chi connectivity index (χ3v) is 4.13. The Morgan fingerprint density at radius 3 is 2.64 bits per heavy atom. The lowest BCUT2D eigenvalue weighted by Gasteiger charge is -2.40. The molecule has 0 aromatic rings. The molecule has 1 rings (SSSR count). The van der Waals surface area contributed by atoms with Gasteiger partial charge in [0.05, 0.1) is 5.60 Å². The van der Waals surface area contributed by atoms with E-state index in [1.165, 1.54) is 5.75 Å². The van der Waals surface area contributed by atoms with E-state index < -0.39 is 5.60 Å². The molecule has 1 aliphatic rings. The Balaban J connectivity index is 2.46. The highest BCUT2D eigenvalue weighted by Crippen LogP contribution is 2.30. The lowest BCUT2D eigenvalue weighted by molar-refractivity contribution is 0.0153. The van der Waals surface area contributed by atoms with E-state index in [0.29, 0.717) is 4.75 Å². The fourth-order valence-corrected chi connectivity index (χ4v) is 3.02. The summed E-state index contributed by atoms with van der Waals surface area (Å²) in [5, 5.41) is 10.00. The summed E-state index contributed by atoms with van der Waals surface area (Å²) in [6.07, 6.45) is 0.830. The first kappa shape index (κ1) is 12.3. The molecule has 0 amide bonds. The number of hydrogen-bond donors (Lipinski definition) is 1. The van der Waals surface area contributed by atoms with Crippen molar-refractivity contribution < 1.29 is 5.11 Å². The average Bonchev–Trinajstić information content (AvgIpc) is 2.01. The summed E-state index contributed by atoms with van der Waals surface area (Å²) >= 11 is 2.03. The quantitative estimate of drug-likeness (QED) is 0.782. The van der Waals surface area contributed by atoms with Gasteiger partial charge in [-0.1, -0.05) is 6.92 Å². The monoisotopic (exact) mass is 217 g/mol. The molecule has 0 radical (unpaired) electrons. The van der Waals surface area contributed by atoms with Gasteiger partial charge in [-0.3, -0.25) is 4.90 Å². The van der Waals surface area contributed by atoms with Crippen LogP contribution in [-0.2, 0) is 0 Å². The molecule has 1 atom stereocenters. The predicted octanol–water partition coefficient (Wildman–Crippen LogP) is 1.97. The van der Waals surface area contributed by atoms with Crippen molar-refractivity contribution in [1.29, 1.82) is 0 Å². The molecule has 2 nitrogen and oxygen atoms in total. The van der Waals surface area contributed by atoms with E-state index in [2.05, 4.69) is 18.7 Å². The van der Waals surface area contributed by atoms with Crippen molar-refractivity contribution >= 4 is 11.8 Å². The third kappa shape index (κ3) is 3.79. The predicted molar refractivity (Wildman–Crippen MR) is 63.9 cm³/mol. The largest absolute Gasteiger partial charge is 0.389 e. The zero-order valence-corrected chi connectivity index (χ0v) is 10.7. The number of thioether (sulfide) groups is 1. The van der Waals surface area contributed by atoms with Gasteiger partial charge in [-0.05, 0) is 27.2 Å². The summed E-state index contributed by atoms with van der Waals surface area (Å²) < 4.78 is 0.349. The molecule has 0 aliphatic carbocycles. The molecular formula is C11H23NOS. The highest BCUT2D eigenvalue weighted by atomic mass is 32.2. The van der Waals surface area contributed by atoms with Crippen LogP contribution in [0, 0.1) is 0 Å². The van der Waals surface area contributed by atoms with E-state index in [0.717, 1.165) is 26.1 Å². The van der Waals surface area contributed by atoms with Crippen LogP contribution < -0.4 is 0 Å². The molecule has 1 heterocycles. The van der Waals surface area contributed by atoms with Crippen LogP contribution in [0.15, 0.2) is 0 Å². The Hall–Kier alpha value is 0.270. The van der Waals surface area contributed by atoms with Gasteiger partial charge < -0.3 is 5.11 Å². The van der Waals surface area contributed by atoms with E-state index in [9.17, 15) is 5.11 Å². The third-order valence-electron chi connectivity index (χ3n) is 2.83. The lowest BCUT2D eigenvalue weighted by atomic mass is 10.0. The van der Waals surface area contributed by atoms with Crippen molar-refractivity contribution in [2.24, 2.45) is 0 Å². The molecule has 84 valence electrons. The fourth-order valence-electron chi connectivity index (χ4n) is 1.84. The highest BCUT2D eigenvalue weighted by Gasteiger charge is 2.30. The van der Waals surface area contributed by atoms with Crippen molar-refractivity contribution in [2.75, 3.05) is 25.4 Å². The number of β-amino-alcohol motifs (C(OH)–C–C–N with tert-alkyl or cyclic N) is 1. The Labute approximate surface area is 92.1 Å². The molecule has 0 spiro atoms. The van der Waals surface area contributed by atoms with Crippen LogP contribution in [0.4, 0.5) is 0 Å². The first-order valence-corrected chi connectivity index (χ1v) is 6.42. The van der Waals surface area contributed by atoms with Gasteiger partial charge in [0.25, 0.3) is 0 Å². The Kier molecular flexibility index (Phi) is 3.89. The zero-order valence-electron chi connectivity index (χ0n) is 9.84. The number of hydrogen-bond acceptors (Lipinski definition) is 3. The number of rotatable bonds is 3. The molecule has 0 aromatic heterocycles. The van der Waals surface area contributed by atoms with Crippen molar-refractivity contribution in [3.8, 4) is 0 Å². The molecular weight excluding hydrogens is 194 g/mol. The molecule has 14 heavy (non-hydrogen) atoms. The summed E-state index contributed by atoms with van der Waals surface area (Å²) in [5.41, 5.74) is -0.516. The van der Waals surface area contributed by atoms with Crippen LogP contribution in [0.3, 0.4) is 0 Å². The van der Waals surface area contributed by atoms with Gasteiger partial charge in [-0.2, -0.15) is 11.8 Å². The van der Waals surface area contributed by atoms with E-state index in [1.54, 1.807) is 0 Å². The Bertz CT molecular complexity index is 192. The first-order chi connectivity index (χ1) is 6.35. The van der Waals surface area contributed by atoms with Crippen LogP contribution >= 0.6 is 11.8 Å². The van der Waals surface area contributed by atoms with Crippen molar-refractivity contribution in [3.63, 3.8) is 0 Å². The minimum atomic E-state index is -0.516. The average molecular weight is 217 g/mol. The van der Waals surface area contributed by atoms with E-state index in [1.807, 2.05) is 25.6 Å². The molecule has 1 aliphatic heterocycles. The van der Waals surface area contributed by atoms with Gasteiger partial charge in [0.15, 0.2) is 0 Å². The maximum atomic E-state index is 10.00. The van der Waals surface area contributed by atoms with Crippen LogP contribution in [-0.4, -0.2) is 45.7 Å². The summed E-state index contributed by atoms with van der Waals surface area (Å²) in [6, 6.07) is 0. The second-order valence-electron chi connectivity index (χ2n) is 5.17. The zero-order chi connectivity index (χ0) is 10.8. The van der Waals surface area contributed by atoms with Crippen LogP contribution in [0.2, 0.25) is 0 Å². The molecule has 1 saturated heterocycles. The highest BCUT2D eigenvalue weighted by molar-refractivity contribution is 8.00. The maximum Gasteiger partial charge on any atom is 0.0743 e. The van der Waals surface area contributed by atoms with E-state index >= 15 is 0 Å². The molecule has 1 unspecified atom stereocenters. The Morgan fingerprint density at radius 2 is 2.14 bits per heavy atom. The van der Waals surface area contributed by atoms with Gasteiger partial charge in [-0.25, -0.2) is 0 Å². The smallest absolute Gasteiger partial charge is 0.0743 e. The molecule has 0 bridgehead atoms. The summed E-state index contributed by atoms with van der Waals surface area (Å²) in [5.74, 6) is 1.19. The number of aliphatic hydroxyl groups is 1. The number of nitrogens with zero attached hydrogens (tertiary/aromatic N) is 1. The normalized spacial score (nSPS) is 27.2. The van der Waals surface area contributed by atoms with Crippen molar-refractivity contribution in [2.45, 2.75) is 44.5 Å². The molecule has 0 aromatic carbocycles. The standard InChI is InChI=1S/C11H23NOS/c1-5-11(4,13)9-12-6-7-14-10(2,3)8-12/h13H,5-9H2,1-4H3. The second-order valence-corrected chi connectivity index (χ2v) is 6.97. The van der Waals surface area contributed by atoms with E-state index in [-0.39, 0.29) is 0 Å². The van der Waals surface area contributed by atoms with Gasteiger partial charge in [0.1, 0.15) is 0 Å². The lowest BCUT2D eigenvalue weighted by Crippen LogP contribution is -2.49. The van der Waals surface area contributed by atoms with Crippen LogP contribution in [0.25, 0.3) is 0 Å². The maximum absolute atomic E-state index is 10.00. The minimum Gasteiger partial charge on any atom is -0.389 e. The fraction of sp³-hybridized carbons (Fsp3) is 1.00. The summed E-state index contributed by atoms with van der Waals surface area (Å²) in [6.45, 7) is 11.6. The molecule has 1 N–H and O–H groups in total. The van der Waals surface area contributed by atoms with Gasteiger partial charge in [0.2, 0.25) is 0 Å². The van der Waals surface area contributed by atoms with Gasteiger partial charge >= 0.3 is 0 Å². The molecule has 0 saturated carbocycles. The first-order valence-electron chi connectivity index (χ1n) is 5.43. The molecule has 1 fully saturated rings. The van der Waals surface area contributed by atoms with Crippen molar-refractivity contribution in [1.82, 2.24) is 4.90 Å². The van der Waals surface area contributed by atoms with Crippen LogP contribution in [0.1, 0.15) is 34.1 Å². The second kappa shape index (κ2) is 4.42. The van der Waals surface area contributed by atoms with Crippen LogP contribution in [0.5, 0.6) is 0 Å². The molecule has 3 heteroatoms.